The maximum absolute atomic E-state index is 12.0. The molecule has 0 amide bonds. The first-order chi connectivity index (χ1) is 8.06. The molecule has 1 aromatic rings. The molecule has 0 aliphatic carbocycles. The maximum Gasteiger partial charge on any atom is 0.142 e. The SMILES string of the molecule is CC1CC(C(=O)Cc2ccc(Cl)c(Cl)c2)CO1. The number of hydrogen-bond donors (Lipinski definition) is 0. The summed E-state index contributed by atoms with van der Waals surface area (Å²) in [6, 6.07) is 5.31. The summed E-state index contributed by atoms with van der Waals surface area (Å²) in [5.41, 5.74) is 0.906. The number of hydrogen-bond acceptors (Lipinski definition) is 2. The van der Waals surface area contributed by atoms with Gasteiger partial charge in [0.05, 0.1) is 22.8 Å². The van der Waals surface area contributed by atoms with Crippen molar-refractivity contribution in [2.45, 2.75) is 25.9 Å². The van der Waals surface area contributed by atoms with E-state index in [1.165, 1.54) is 0 Å². The van der Waals surface area contributed by atoms with Gasteiger partial charge in [-0.05, 0) is 31.0 Å². The van der Waals surface area contributed by atoms with Gasteiger partial charge in [0.15, 0.2) is 0 Å². The van der Waals surface area contributed by atoms with Crippen LogP contribution in [0.2, 0.25) is 10.0 Å². The highest BCUT2D eigenvalue weighted by Crippen LogP contribution is 2.25. The van der Waals surface area contributed by atoms with Crippen molar-refractivity contribution < 1.29 is 9.53 Å². The second-order valence-electron chi connectivity index (χ2n) is 4.47. The van der Waals surface area contributed by atoms with Crippen LogP contribution in [0.3, 0.4) is 0 Å². The molecule has 0 saturated carbocycles. The maximum atomic E-state index is 12.0. The van der Waals surface area contributed by atoms with Gasteiger partial charge in [-0.25, -0.2) is 0 Å². The molecule has 1 aliphatic heterocycles. The van der Waals surface area contributed by atoms with E-state index in [9.17, 15) is 4.79 Å². The van der Waals surface area contributed by atoms with Crippen molar-refractivity contribution in [1.29, 1.82) is 0 Å². The third kappa shape index (κ3) is 3.21. The molecule has 0 spiro atoms. The quantitative estimate of drug-likeness (QED) is 0.842. The van der Waals surface area contributed by atoms with Crippen LogP contribution in [0.4, 0.5) is 0 Å². The van der Waals surface area contributed by atoms with E-state index in [2.05, 4.69) is 0 Å². The Morgan fingerprint density at radius 2 is 2.18 bits per heavy atom. The van der Waals surface area contributed by atoms with Crippen molar-refractivity contribution in [2.75, 3.05) is 6.61 Å². The van der Waals surface area contributed by atoms with Gasteiger partial charge in [-0.2, -0.15) is 0 Å². The highest BCUT2D eigenvalue weighted by Gasteiger charge is 2.27. The van der Waals surface area contributed by atoms with Crippen LogP contribution in [0.15, 0.2) is 18.2 Å². The second kappa shape index (κ2) is 5.38. The number of benzene rings is 1. The van der Waals surface area contributed by atoms with E-state index in [1.54, 1.807) is 12.1 Å². The van der Waals surface area contributed by atoms with Crippen molar-refractivity contribution in [3.05, 3.63) is 33.8 Å². The molecule has 2 atom stereocenters. The zero-order valence-electron chi connectivity index (χ0n) is 9.58. The minimum atomic E-state index is 0.0273. The van der Waals surface area contributed by atoms with Crippen LogP contribution in [0.25, 0.3) is 0 Å². The predicted molar refractivity (Wildman–Crippen MR) is 68.7 cm³/mol. The highest BCUT2D eigenvalue weighted by atomic mass is 35.5. The Kier molecular flexibility index (Phi) is 4.08. The number of ketones is 1. The average Bonchev–Trinajstić information content (AvgIpc) is 2.70. The Morgan fingerprint density at radius 3 is 2.76 bits per heavy atom. The van der Waals surface area contributed by atoms with E-state index >= 15 is 0 Å². The topological polar surface area (TPSA) is 26.3 Å². The third-order valence-corrected chi connectivity index (χ3v) is 3.76. The number of carbonyl (C=O) groups excluding carboxylic acids is 1. The van der Waals surface area contributed by atoms with Crippen LogP contribution in [0.1, 0.15) is 18.9 Å². The Bertz CT molecular complexity index is 431. The fraction of sp³-hybridized carbons (Fsp3) is 0.462. The molecule has 1 heterocycles. The van der Waals surface area contributed by atoms with Gasteiger partial charge in [0.2, 0.25) is 0 Å². The van der Waals surface area contributed by atoms with Crippen molar-refractivity contribution in [3.63, 3.8) is 0 Å². The Morgan fingerprint density at radius 1 is 1.41 bits per heavy atom. The minimum Gasteiger partial charge on any atom is -0.378 e. The number of Topliss-reactive ketones (excluding diaryl/α,β-unsaturated/α-hetero) is 1. The van der Waals surface area contributed by atoms with Gasteiger partial charge in [0, 0.05) is 12.3 Å². The van der Waals surface area contributed by atoms with Crippen molar-refractivity contribution in [3.8, 4) is 0 Å². The average molecular weight is 273 g/mol. The molecular weight excluding hydrogens is 259 g/mol. The summed E-state index contributed by atoms with van der Waals surface area (Å²) >= 11 is 11.7. The van der Waals surface area contributed by atoms with Gasteiger partial charge in [0.25, 0.3) is 0 Å². The molecule has 0 radical (unpaired) electrons. The molecule has 1 aromatic carbocycles. The van der Waals surface area contributed by atoms with Crippen LogP contribution in [-0.2, 0) is 16.0 Å². The highest BCUT2D eigenvalue weighted by molar-refractivity contribution is 6.42. The Labute approximate surface area is 111 Å². The van der Waals surface area contributed by atoms with Crippen LogP contribution < -0.4 is 0 Å². The molecule has 4 heteroatoms. The molecule has 2 unspecified atom stereocenters. The summed E-state index contributed by atoms with van der Waals surface area (Å²) in [4.78, 5) is 12.0. The van der Waals surface area contributed by atoms with Crippen LogP contribution in [0.5, 0.6) is 0 Å². The van der Waals surface area contributed by atoms with E-state index in [0.717, 1.165) is 12.0 Å². The van der Waals surface area contributed by atoms with E-state index in [-0.39, 0.29) is 17.8 Å². The van der Waals surface area contributed by atoms with Gasteiger partial charge in [-0.15, -0.1) is 0 Å². The van der Waals surface area contributed by atoms with Crippen molar-refractivity contribution in [2.24, 2.45) is 5.92 Å². The largest absolute Gasteiger partial charge is 0.378 e. The first kappa shape index (κ1) is 12.9. The second-order valence-corrected chi connectivity index (χ2v) is 5.28. The number of rotatable bonds is 3. The zero-order chi connectivity index (χ0) is 12.4. The lowest BCUT2D eigenvalue weighted by Gasteiger charge is -2.07. The van der Waals surface area contributed by atoms with E-state index in [1.807, 2.05) is 13.0 Å². The molecule has 1 fully saturated rings. The summed E-state index contributed by atoms with van der Waals surface area (Å²) in [5, 5.41) is 1.01. The summed E-state index contributed by atoms with van der Waals surface area (Å²) in [6.45, 7) is 2.54. The van der Waals surface area contributed by atoms with Crippen LogP contribution in [-0.4, -0.2) is 18.5 Å². The van der Waals surface area contributed by atoms with Crippen molar-refractivity contribution >= 4 is 29.0 Å². The summed E-state index contributed by atoms with van der Waals surface area (Å²) in [6.07, 6.45) is 1.41. The molecule has 1 aliphatic rings. The van der Waals surface area contributed by atoms with Crippen LogP contribution >= 0.6 is 23.2 Å². The standard InChI is InChI=1S/C13H14Cl2O2/c1-8-4-10(7-17-8)13(16)6-9-2-3-11(14)12(15)5-9/h2-3,5,8,10H,4,6-7H2,1H3. The Balaban J connectivity index is 2.00. The summed E-state index contributed by atoms with van der Waals surface area (Å²) in [7, 11) is 0. The third-order valence-electron chi connectivity index (χ3n) is 3.02. The molecule has 2 rings (SSSR count). The van der Waals surface area contributed by atoms with Gasteiger partial charge in [-0.3, -0.25) is 4.79 Å². The fourth-order valence-electron chi connectivity index (χ4n) is 2.04. The zero-order valence-corrected chi connectivity index (χ0v) is 11.1. The number of ether oxygens (including phenoxy) is 1. The summed E-state index contributed by atoms with van der Waals surface area (Å²) < 4.78 is 5.40. The van der Waals surface area contributed by atoms with E-state index < -0.39 is 0 Å². The Hall–Kier alpha value is -0.570. The lowest BCUT2D eigenvalue weighted by atomic mass is 9.96. The molecule has 0 N–H and O–H groups in total. The van der Waals surface area contributed by atoms with E-state index in [0.29, 0.717) is 23.1 Å². The number of halogens is 2. The lowest BCUT2D eigenvalue weighted by molar-refractivity contribution is -0.122. The normalized spacial score (nSPS) is 23.9. The predicted octanol–water partition coefficient (Wildman–Crippen LogP) is 3.53. The van der Waals surface area contributed by atoms with Crippen LogP contribution in [0, 0.1) is 5.92 Å². The minimum absolute atomic E-state index is 0.0273. The monoisotopic (exact) mass is 272 g/mol. The van der Waals surface area contributed by atoms with Gasteiger partial charge in [0.1, 0.15) is 5.78 Å². The molecule has 92 valence electrons. The molecule has 1 saturated heterocycles. The molecule has 0 aromatic heterocycles. The molecule has 0 bridgehead atoms. The first-order valence-electron chi connectivity index (χ1n) is 5.64. The van der Waals surface area contributed by atoms with Gasteiger partial charge < -0.3 is 4.74 Å². The van der Waals surface area contributed by atoms with Crippen molar-refractivity contribution in [1.82, 2.24) is 0 Å². The summed E-state index contributed by atoms with van der Waals surface area (Å²) in [5.74, 6) is 0.243. The smallest absolute Gasteiger partial charge is 0.142 e. The van der Waals surface area contributed by atoms with Gasteiger partial charge in [-0.1, -0.05) is 29.3 Å². The first-order valence-corrected chi connectivity index (χ1v) is 6.40. The molecule has 2 nitrogen and oxygen atoms in total. The number of carbonyl (C=O) groups is 1. The fourth-order valence-corrected chi connectivity index (χ4v) is 2.36. The lowest BCUT2D eigenvalue weighted by Crippen LogP contribution is -2.17. The van der Waals surface area contributed by atoms with Gasteiger partial charge >= 0.3 is 0 Å². The van der Waals surface area contributed by atoms with E-state index in [4.69, 9.17) is 27.9 Å². The molecular formula is C13H14Cl2O2. The molecule has 17 heavy (non-hydrogen) atoms.